The maximum Gasteiger partial charge on any atom is 0.422 e. The molecule has 1 aromatic heterocycles. The zero-order valence-electron chi connectivity index (χ0n) is 13.9. The summed E-state index contributed by atoms with van der Waals surface area (Å²) in [6.45, 7) is -1.62. The van der Waals surface area contributed by atoms with Crippen molar-refractivity contribution < 1.29 is 22.7 Å². The van der Waals surface area contributed by atoms with E-state index in [1.807, 2.05) is 0 Å². The van der Waals surface area contributed by atoms with Crippen molar-refractivity contribution in [2.45, 2.75) is 12.7 Å². The molecule has 0 aliphatic heterocycles. The average molecular weight is 377 g/mol. The number of benzene rings is 2. The van der Waals surface area contributed by atoms with Gasteiger partial charge in [-0.2, -0.15) is 13.2 Å². The Morgan fingerprint density at radius 1 is 1.11 bits per heavy atom. The van der Waals surface area contributed by atoms with Crippen LogP contribution in [-0.2, 0) is 11.3 Å². The van der Waals surface area contributed by atoms with E-state index in [9.17, 15) is 22.8 Å². The number of rotatable bonds is 5. The standard InChI is InChI=1S/C18H14F3N3O3/c19-18(20,21)11-27-13-7-5-12(6-8-13)23-16(25)10-24-15-4-2-1-3-14(15)22-9-17(24)26/h1-9H,10-11H2,(H,23,25). The number of nitrogens with one attached hydrogen (secondary N) is 1. The number of aromatic nitrogens is 2. The molecule has 0 saturated carbocycles. The Kier molecular flexibility index (Phi) is 5.11. The topological polar surface area (TPSA) is 73.2 Å². The molecule has 2 aromatic carbocycles. The fourth-order valence-electron chi connectivity index (χ4n) is 2.42. The molecule has 0 spiro atoms. The summed E-state index contributed by atoms with van der Waals surface area (Å²) in [6.07, 6.45) is -3.28. The van der Waals surface area contributed by atoms with Crippen molar-refractivity contribution in [1.29, 1.82) is 0 Å². The molecule has 9 heteroatoms. The van der Waals surface area contributed by atoms with Crippen LogP contribution in [0, 0.1) is 0 Å². The number of hydrogen-bond acceptors (Lipinski definition) is 4. The van der Waals surface area contributed by atoms with Crippen LogP contribution < -0.4 is 15.6 Å². The molecule has 3 aromatic rings. The second-order valence-corrected chi connectivity index (χ2v) is 5.65. The minimum absolute atomic E-state index is 0.0293. The lowest BCUT2D eigenvalue weighted by Gasteiger charge is -2.11. The van der Waals surface area contributed by atoms with Gasteiger partial charge in [-0.25, -0.2) is 4.98 Å². The third-order valence-electron chi connectivity index (χ3n) is 3.59. The average Bonchev–Trinajstić information content (AvgIpc) is 2.63. The summed E-state index contributed by atoms with van der Waals surface area (Å²) in [5.41, 5.74) is 1.05. The van der Waals surface area contributed by atoms with Gasteiger partial charge in [-0.15, -0.1) is 0 Å². The number of para-hydroxylation sites is 2. The molecule has 140 valence electrons. The number of fused-ring (bicyclic) bond motifs is 1. The summed E-state index contributed by atoms with van der Waals surface area (Å²) >= 11 is 0. The fourth-order valence-corrected chi connectivity index (χ4v) is 2.42. The number of alkyl halides is 3. The molecule has 0 bridgehead atoms. The van der Waals surface area contributed by atoms with E-state index in [1.54, 1.807) is 24.3 Å². The van der Waals surface area contributed by atoms with Crippen molar-refractivity contribution in [3.8, 4) is 5.75 Å². The Labute approximate surface area is 151 Å². The van der Waals surface area contributed by atoms with Gasteiger partial charge in [0.05, 0.1) is 17.2 Å². The summed E-state index contributed by atoms with van der Waals surface area (Å²) in [4.78, 5) is 28.3. The predicted octanol–water partition coefficient (Wildman–Crippen LogP) is 2.98. The molecule has 0 fully saturated rings. The maximum atomic E-state index is 12.2. The molecule has 0 atom stereocenters. The van der Waals surface area contributed by atoms with Crippen molar-refractivity contribution >= 4 is 22.6 Å². The highest BCUT2D eigenvalue weighted by molar-refractivity contribution is 5.91. The van der Waals surface area contributed by atoms with Gasteiger partial charge >= 0.3 is 6.18 Å². The Morgan fingerprint density at radius 2 is 1.81 bits per heavy atom. The fraction of sp³-hybridized carbons (Fsp3) is 0.167. The van der Waals surface area contributed by atoms with Gasteiger partial charge in [0.2, 0.25) is 5.91 Å². The smallest absolute Gasteiger partial charge is 0.422 e. The molecule has 0 aliphatic carbocycles. The second-order valence-electron chi connectivity index (χ2n) is 5.65. The molecule has 1 N–H and O–H groups in total. The Bertz CT molecular complexity index is 1010. The zero-order chi connectivity index (χ0) is 19.4. The van der Waals surface area contributed by atoms with E-state index in [-0.39, 0.29) is 12.3 Å². The molecule has 0 aliphatic rings. The van der Waals surface area contributed by atoms with Crippen LogP contribution in [0.1, 0.15) is 0 Å². The molecule has 0 radical (unpaired) electrons. The van der Waals surface area contributed by atoms with Gasteiger partial charge in [0.1, 0.15) is 12.3 Å². The quantitative estimate of drug-likeness (QED) is 0.742. The van der Waals surface area contributed by atoms with Crippen molar-refractivity contribution in [2.24, 2.45) is 0 Å². The number of nitrogens with zero attached hydrogens (tertiary/aromatic N) is 2. The molecule has 0 unspecified atom stereocenters. The van der Waals surface area contributed by atoms with Gasteiger partial charge in [-0.3, -0.25) is 14.2 Å². The maximum absolute atomic E-state index is 12.2. The normalized spacial score (nSPS) is 11.4. The van der Waals surface area contributed by atoms with Gasteiger partial charge in [0, 0.05) is 5.69 Å². The van der Waals surface area contributed by atoms with Crippen LogP contribution in [0.15, 0.2) is 59.5 Å². The first-order chi connectivity index (χ1) is 12.8. The molecule has 1 amide bonds. The monoisotopic (exact) mass is 377 g/mol. The number of anilines is 1. The number of hydrogen-bond donors (Lipinski definition) is 1. The van der Waals surface area contributed by atoms with Crippen LogP contribution in [0.3, 0.4) is 0 Å². The Balaban J connectivity index is 1.68. The van der Waals surface area contributed by atoms with E-state index in [0.29, 0.717) is 16.7 Å². The number of halogens is 3. The third kappa shape index (κ3) is 4.84. The summed E-state index contributed by atoms with van der Waals surface area (Å²) in [5.74, 6) is -0.431. The van der Waals surface area contributed by atoms with E-state index < -0.39 is 24.2 Å². The Hall–Kier alpha value is -3.36. The van der Waals surface area contributed by atoms with Crippen LogP contribution in [-0.4, -0.2) is 28.2 Å². The van der Waals surface area contributed by atoms with Crippen LogP contribution >= 0.6 is 0 Å². The first kappa shape index (κ1) is 18.4. The molecule has 3 rings (SSSR count). The van der Waals surface area contributed by atoms with Crippen molar-refractivity contribution in [2.75, 3.05) is 11.9 Å². The highest BCUT2D eigenvalue weighted by Gasteiger charge is 2.28. The van der Waals surface area contributed by atoms with Crippen LogP contribution in [0.5, 0.6) is 5.75 Å². The van der Waals surface area contributed by atoms with Crippen molar-refractivity contribution in [1.82, 2.24) is 9.55 Å². The molecule has 1 heterocycles. The third-order valence-corrected chi connectivity index (χ3v) is 3.59. The Morgan fingerprint density at radius 3 is 2.52 bits per heavy atom. The highest BCUT2D eigenvalue weighted by Crippen LogP contribution is 2.20. The number of carbonyl (C=O) groups excluding carboxylic acids is 1. The highest BCUT2D eigenvalue weighted by atomic mass is 19.4. The second kappa shape index (κ2) is 7.48. The minimum atomic E-state index is -4.42. The van der Waals surface area contributed by atoms with Gasteiger partial charge in [0.25, 0.3) is 5.56 Å². The van der Waals surface area contributed by atoms with E-state index in [2.05, 4.69) is 15.0 Å². The van der Waals surface area contributed by atoms with E-state index in [1.165, 1.54) is 28.8 Å². The first-order valence-electron chi connectivity index (χ1n) is 7.86. The minimum Gasteiger partial charge on any atom is -0.484 e. The lowest BCUT2D eigenvalue weighted by Crippen LogP contribution is -2.27. The van der Waals surface area contributed by atoms with Gasteiger partial charge < -0.3 is 10.1 Å². The number of amides is 1. The summed E-state index contributed by atoms with van der Waals surface area (Å²) in [7, 11) is 0. The van der Waals surface area contributed by atoms with E-state index in [0.717, 1.165) is 6.20 Å². The lowest BCUT2D eigenvalue weighted by molar-refractivity contribution is -0.153. The summed E-state index contributed by atoms with van der Waals surface area (Å²) in [5, 5.41) is 2.59. The van der Waals surface area contributed by atoms with E-state index in [4.69, 9.17) is 0 Å². The molecule has 6 nitrogen and oxygen atoms in total. The van der Waals surface area contributed by atoms with Gasteiger partial charge in [0.15, 0.2) is 6.61 Å². The number of ether oxygens (including phenoxy) is 1. The molecule has 0 saturated heterocycles. The first-order valence-corrected chi connectivity index (χ1v) is 7.86. The van der Waals surface area contributed by atoms with Crippen LogP contribution in [0.4, 0.5) is 18.9 Å². The van der Waals surface area contributed by atoms with Crippen molar-refractivity contribution in [3.63, 3.8) is 0 Å². The zero-order valence-corrected chi connectivity index (χ0v) is 13.9. The summed E-state index contributed by atoms with van der Waals surface area (Å²) in [6, 6.07) is 12.4. The molecule has 27 heavy (non-hydrogen) atoms. The summed E-state index contributed by atoms with van der Waals surface area (Å²) < 4.78 is 42.3. The SMILES string of the molecule is O=C(Cn1c(=O)cnc2ccccc21)Nc1ccc(OCC(F)(F)F)cc1. The molecular formula is C18H14F3N3O3. The molecular weight excluding hydrogens is 363 g/mol. The predicted molar refractivity (Wildman–Crippen MR) is 92.6 cm³/mol. The largest absolute Gasteiger partial charge is 0.484 e. The van der Waals surface area contributed by atoms with Gasteiger partial charge in [-0.1, -0.05) is 12.1 Å². The van der Waals surface area contributed by atoms with Crippen LogP contribution in [0.25, 0.3) is 11.0 Å². The number of carbonyl (C=O) groups is 1. The van der Waals surface area contributed by atoms with Crippen LogP contribution in [0.2, 0.25) is 0 Å². The van der Waals surface area contributed by atoms with Crippen molar-refractivity contribution in [3.05, 3.63) is 65.1 Å². The lowest BCUT2D eigenvalue weighted by atomic mass is 10.3. The van der Waals surface area contributed by atoms with E-state index >= 15 is 0 Å². The van der Waals surface area contributed by atoms with Gasteiger partial charge in [-0.05, 0) is 36.4 Å².